The van der Waals surface area contributed by atoms with E-state index < -0.39 is 24.1 Å². The molecule has 2 unspecified atom stereocenters. The average Bonchev–Trinajstić information content (AvgIpc) is 2.24. The third-order valence-corrected chi connectivity index (χ3v) is 3.30. The fourth-order valence-corrected chi connectivity index (χ4v) is 1.85. The standard InChI is InChI=1S/C11H20N2O5/c1-7(14)8(9(15)16)13-10(17)12-6-11(18-2)4-3-5-11/h7-8,14H,3-6H2,1-2H3,(H,15,16)(H2,12,13,17). The number of nitrogens with one attached hydrogen (secondary N) is 2. The number of amides is 2. The van der Waals surface area contributed by atoms with Crippen LogP contribution in [0.25, 0.3) is 0 Å². The summed E-state index contributed by atoms with van der Waals surface area (Å²) < 4.78 is 5.32. The predicted molar refractivity (Wildman–Crippen MR) is 63.2 cm³/mol. The molecule has 0 saturated heterocycles. The summed E-state index contributed by atoms with van der Waals surface area (Å²) in [7, 11) is 1.59. The third-order valence-electron chi connectivity index (χ3n) is 3.30. The van der Waals surface area contributed by atoms with Crippen molar-refractivity contribution in [3.63, 3.8) is 0 Å². The Hall–Kier alpha value is -1.34. The monoisotopic (exact) mass is 260 g/mol. The van der Waals surface area contributed by atoms with Gasteiger partial charge in [-0.25, -0.2) is 9.59 Å². The molecule has 1 aliphatic carbocycles. The SMILES string of the molecule is COC1(CNC(=O)NC(C(=O)O)C(C)O)CCC1. The number of carbonyl (C=O) groups is 2. The van der Waals surface area contributed by atoms with Crippen molar-refractivity contribution in [1.82, 2.24) is 10.6 Å². The molecule has 0 radical (unpaired) electrons. The van der Waals surface area contributed by atoms with E-state index in [1.165, 1.54) is 6.92 Å². The summed E-state index contributed by atoms with van der Waals surface area (Å²) in [5.74, 6) is -1.27. The molecule has 0 spiro atoms. The maximum Gasteiger partial charge on any atom is 0.328 e. The molecule has 0 aromatic heterocycles. The molecule has 7 nitrogen and oxygen atoms in total. The molecule has 1 aliphatic rings. The van der Waals surface area contributed by atoms with Gasteiger partial charge in [-0.1, -0.05) is 0 Å². The van der Waals surface area contributed by atoms with E-state index in [0.717, 1.165) is 19.3 Å². The van der Waals surface area contributed by atoms with Crippen LogP contribution in [0.15, 0.2) is 0 Å². The van der Waals surface area contributed by atoms with E-state index in [1.54, 1.807) is 7.11 Å². The quantitative estimate of drug-likeness (QED) is 0.524. The number of methoxy groups -OCH3 is 1. The Labute approximate surface area is 106 Å². The Morgan fingerprint density at radius 2 is 2.06 bits per heavy atom. The lowest BCUT2D eigenvalue weighted by Crippen LogP contribution is -2.55. The highest BCUT2D eigenvalue weighted by Gasteiger charge is 2.37. The van der Waals surface area contributed by atoms with E-state index in [1.807, 2.05) is 0 Å². The first-order valence-corrected chi connectivity index (χ1v) is 5.90. The Morgan fingerprint density at radius 3 is 2.39 bits per heavy atom. The summed E-state index contributed by atoms with van der Waals surface area (Å²) in [5, 5.41) is 22.8. The Balaban J connectivity index is 2.39. The molecule has 1 rings (SSSR count). The van der Waals surface area contributed by atoms with Gasteiger partial charge in [0.15, 0.2) is 6.04 Å². The number of carboxylic acids is 1. The molecule has 2 amide bonds. The topological polar surface area (TPSA) is 108 Å². The first-order valence-electron chi connectivity index (χ1n) is 5.90. The first-order chi connectivity index (χ1) is 8.40. The fraction of sp³-hybridized carbons (Fsp3) is 0.818. The van der Waals surface area contributed by atoms with Crippen molar-refractivity contribution in [2.75, 3.05) is 13.7 Å². The summed E-state index contributed by atoms with van der Waals surface area (Å²) in [4.78, 5) is 22.3. The van der Waals surface area contributed by atoms with Gasteiger partial charge in [0.2, 0.25) is 0 Å². The summed E-state index contributed by atoms with van der Waals surface area (Å²) in [6.07, 6.45) is 1.65. The van der Waals surface area contributed by atoms with Crippen LogP contribution >= 0.6 is 0 Å². The number of ether oxygens (including phenoxy) is 1. The molecule has 0 aromatic carbocycles. The molecule has 1 saturated carbocycles. The van der Waals surface area contributed by atoms with Gasteiger partial charge in [0.05, 0.1) is 11.7 Å². The molecule has 4 N–H and O–H groups in total. The van der Waals surface area contributed by atoms with Crippen molar-refractivity contribution in [3.05, 3.63) is 0 Å². The van der Waals surface area contributed by atoms with Crippen LogP contribution in [0.1, 0.15) is 26.2 Å². The van der Waals surface area contributed by atoms with Gasteiger partial charge < -0.3 is 25.6 Å². The Kier molecular flexibility index (Phi) is 4.92. The van der Waals surface area contributed by atoms with Crippen LogP contribution in [-0.2, 0) is 9.53 Å². The van der Waals surface area contributed by atoms with Crippen molar-refractivity contribution in [1.29, 1.82) is 0 Å². The zero-order chi connectivity index (χ0) is 13.8. The van der Waals surface area contributed by atoms with Gasteiger partial charge in [-0.15, -0.1) is 0 Å². The Morgan fingerprint density at radius 1 is 1.44 bits per heavy atom. The smallest absolute Gasteiger partial charge is 0.328 e. The molecular formula is C11H20N2O5. The van der Waals surface area contributed by atoms with Crippen LogP contribution in [0.3, 0.4) is 0 Å². The van der Waals surface area contributed by atoms with Crippen LogP contribution < -0.4 is 10.6 Å². The number of hydrogen-bond donors (Lipinski definition) is 4. The molecule has 0 aliphatic heterocycles. The molecule has 18 heavy (non-hydrogen) atoms. The number of aliphatic hydroxyl groups is 1. The maximum absolute atomic E-state index is 11.5. The van der Waals surface area contributed by atoms with Crippen molar-refractivity contribution in [3.8, 4) is 0 Å². The van der Waals surface area contributed by atoms with Crippen molar-refractivity contribution in [2.24, 2.45) is 0 Å². The van der Waals surface area contributed by atoms with E-state index in [0.29, 0.717) is 6.54 Å². The van der Waals surface area contributed by atoms with Crippen molar-refractivity contribution < 1.29 is 24.5 Å². The molecule has 0 aromatic rings. The summed E-state index contributed by atoms with van der Waals surface area (Å²) >= 11 is 0. The molecule has 1 fully saturated rings. The third kappa shape index (κ3) is 3.58. The summed E-state index contributed by atoms with van der Waals surface area (Å²) in [6, 6.07) is -1.93. The molecule has 7 heteroatoms. The number of carboxylic acid groups (broad SMARTS) is 1. The second-order valence-electron chi connectivity index (χ2n) is 4.62. The molecule has 2 atom stereocenters. The van der Waals surface area contributed by atoms with E-state index in [2.05, 4.69) is 10.6 Å². The highest BCUT2D eigenvalue weighted by atomic mass is 16.5. The summed E-state index contributed by atoms with van der Waals surface area (Å²) in [5.41, 5.74) is -0.319. The molecule has 0 heterocycles. The second-order valence-corrected chi connectivity index (χ2v) is 4.62. The van der Waals surface area contributed by atoms with E-state index in [-0.39, 0.29) is 5.60 Å². The van der Waals surface area contributed by atoms with Crippen LogP contribution in [0.4, 0.5) is 4.79 Å². The highest BCUT2D eigenvalue weighted by Crippen LogP contribution is 2.34. The highest BCUT2D eigenvalue weighted by molar-refractivity contribution is 5.82. The van der Waals surface area contributed by atoms with Crippen LogP contribution in [-0.4, -0.2) is 53.6 Å². The van der Waals surface area contributed by atoms with E-state index in [4.69, 9.17) is 9.84 Å². The molecular weight excluding hydrogens is 240 g/mol. The van der Waals surface area contributed by atoms with Crippen LogP contribution in [0.2, 0.25) is 0 Å². The first kappa shape index (κ1) is 14.7. The minimum atomic E-state index is -1.31. The van der Waals surface area contributed by atoms with Gasteiger partial charge >= 0.3 is 12.0 Å². The zero-order valence-electron chi connectivity index (χ0n) is 10.6. The summed E-state index contributed by atoms with van der Waals surface area (Å²) in [6.45, 7) is 1.64. The maximum atomic E-state index is 11.5. The van der Waals surface area contributed by atoms with E-state index >= 15 is 0 Å². The normalized spacial score (nSPS) is 20.4. The zero-order valence-corrected chi connectivity index (χ0v) is 10.6. The van der Waals surface area contributed by atoms with Gasteiger partial charge in [-0.05, 0) is 26.2 Å². The lowest BCUT2D eigenvalue weighted by atomic mass is 9.80. The lowest BCUT2D eigenvalue weighted by molar-refractivity contribution is -0.141. The molecule has 104 valence electrons. The fourth-order valence-electron chi connectivity index (χ4n) is 1.85. The minimum Gasteiger partial charge on any atom is -0.480 e. The largest absolute Gasteiger partial charge is 0.480 e. The van der Waals surface area contributed by atoms with Gasteiger partial charge in [-0.3, -0.25) is 0 Å². The van der Waals surface area contributed by atoms with Gasteiger partial charge in [0.25, 0.3) is 0 Å². The second kappa shape index (κ2) is 6.01. The number of urea groups is 1. The number of aliphatic hydroxyl groups excluding tert-OH is 1. The number of hydrogen-bond acceptors (Lipinski definition) is 4. The minimum absolute atomic E-state index is 0.319. The Bertz CT molecular complexity index is 309. The van der Waals surface area contributed by atoms with Crippen LogP contribution in [0.5, 0.6) is 0 Å². The van der Waals surface area contributed by atoms with Crippen molar-refractivity contribution >= 4 is 12.0 Å². The predicted octanol–water partition coefficient (Wildman–Crippen LogP) is -0.311. The van der Waals surface area contributed by atoms with E-state index in [9.17, 15) is 14.7 Å². The molecule has 0 bridgehead atoms. The number of rotatable bonds is 6. The average molecular weight is 260 g/mol. The van der Waals surface area contributed by atoms with Gasteiger partial charge in [-0.2, -0.15) is 0 Å². The van der Waals surface area contributed by atoms with Crippen molar-refractivity contribution in [2.45, 2.75) is 43.9 Å². The van der Waals surface area contributed by atoms with Crippen LogP contribution in [0, 0.1) is 0 Å². The number of carbonyl (C=O) groups excluding carboxylic acids is 1. The number of aliphatic carboxylic acids is 1. The van der Waals surface area contributed by atoms with Gasteiger partial charge in [0, 0.05) is 13.7 Å². The lowest BCUT2D eigenvalue weighted by Gasteiger charge is -2.40. The van der Waals surface area contributed by atoms with Gasteiger partial charge in [0.1, 0.15) is 0 Å².